The number of hydrogen-bond donors (Lipinski definition) is 2. The van der Waals surface area contributed by atoms with Gasteiger partial charge in [-0.2, -0.15) is 12.6 Å². The highest BCUT2D eigenvalue weighted by atomic mass is 32.1. The summed E-state index contributed by atoms with van der Waals surface area (Å²) in [5.41, 5.74) is 0.539. The highest BCUT2D eigenvalue weighted by Crippen LogP contribution is 2.30. The number of thiol groups is 1. The van der Waals surface area contributed by atoms with E-state index in [1.807, 2.05) is 13.8 Å². The third-order valence-electron chi connectivity index (χ3n) is 3.47. The molecule has 0 heterocycles. The van der Waals surface area contributed by atoms with Crippen molar-refractivity contribution in [2.24, 2.45) is 5.92 Å². The molecule has 0 aromatic heterocycles. The van der Waals surface area contributed by atoms with E-state index in [9.17, 15) is 9.59 Å². The number of carbonyl (C=O) groups is 2. The lowest BCUT2D eigenvalue weighted by atomic mass is 9.80. The number of rotatable bonds is 7. The number of esters is 1. The number of hydrogen-bond acceptors (Lipinski definition) is 5. The summed E-state index contributed by atoms with van der Waals surface area (Å²) in [6, 6.07) is -0.208. The van der Waals surface area contributed by atoms with Gasteiger partial charge in [0, 0.05) is 13.9 Å². The Labute approximate surface area is 152 Å². The molecule has 24 heavy (non-hydrogen) atoms. The molecule has 3 atom stereocenters. The monoisotopic (exact) mass is 359 g/mol. The van der Waals surface area contributed by atoms with Gasteiger partial charge in [0.2, 0.25) is 5.91 Å². The maximum absolute atomic E-state index is 12.1. The van der Waals surface area contributed by atoms with Gasteiger partial charge in [0.15, 0.2) is 0 Å². The first kappa shape index (κ1) is 20.8. The Morgan fingerprint density at radius 1 is 1.54 bits per heavy atom. The van der Waals surface area contributed by atoms with Crippen LogP contribution in [0.2, 0.25) is 0 Å². The zero-order chi connectivity index (χ0) is 19.4. The van der Waals surface area contributed by atoms with Crippen molar-refractivity contribution < 1.29 is 20.4 Å². The van der Waals surface area contributed by atoms with Gasteiger partial charge in [0.25, 0.3) is 0 Å². The lowest BCUT2D eigenvalue weighted by Crippen LogP contribution is -2.51. The predicted molar refractivity (Wildman–Crippen MR) is 100 cm³/mol. The van der Waals surface area contributed by atoms with Gasteiger partial charge in [-0.25, -0.2) is 4.79 Å². The van der Waals surface area contributed by atoms with E-state index in [0.29, 0.717) is 18.4 Å². The SMILES string of the molecule is CS.[3H]CCOC(=O)C1=C[C@@H](OC(C)C)[C@H](NC(C)=O)[C@@H](CC=C)C1. The summed E-state index contributed by atoms with van der Waals surface area (Å²) in [5.74, 6) is -0.524. The molecular formula is C18H31NO4S. The summed E-state index contributed by atoms with van der Waals surface area (Å²) in [4.78, 5) is 23.6. The van der Waals surface area contributed by atoms with Crippen LogP contribution in [-0.4, -0.2) is 43.0 Å². The quantitative estimate of drug-likeness (QED) is 0.417. The van der Waals surface area contributed by atoms with Crippen molar-refractivity contribution in [1.29, 1.82) is 0 Å². The standard InChI is InChI=1S/C17H27NO4.CH4S/c1-6-8-13-9-14(17(20)21-7-2)10-15(22-11(3)4)16(13)18-12(5)19;1-2/h6,10-11,13,15-16H,1,7-9H2,2-5H3,(H,18,19);2H,1H3/t13-,15+,16+;/m0./s1/i2T;. The molecule has 0 radical (unpaired) electrons. The number of amides is 1. The van der Waals surface area contributed by atoms with Gasteiger partial charge < -0.3 is 14.8 Å². The summed E-state index contributed by atoms with van der Waals surface area (Å²) in [6.07, 6.45) is 5.94. The Hall–Kier alpha value is -1.27. The van der Waals surface area contributed by atoms with E-state index in [4.69, 9.17) is 10.8 Å². The van der Waals surface area contributed by atoms with Crippen molar-refractivity contribution in [3.8, 4) is 0 Å². The van der Waals surface area contributed by atoms with Crippen LogP contribution in [0.3, 0.4) is 0 Å². The maximum Gasteiger partial charge on any atom is 0.333 e. The van der Waals surface area contributed by atoms with Crippen LogP contribution < -0.4 is 5.32 Å². The predicted octanol–water partition coefficient (Wildman–Crippen LogP) is 2.92. The van der Waals surface area contributed by atoms with Crippen molar-refractivity contribution in [3.63, 3.8) is 0 Å². The van der Waals surface area contributed by atoms with E-state index in [-0.39, 0.29) is 37.5 Å². The molecule has 0 saturated carbocycles. The van der Waals surface area contributed by atoms with E-state index in [2.05, 4.69) is 24.5 Å². The van der Waals surface area contributed by atoms with Crippen molar-refractivity contribution in [2.75, 3.05) is 12.9 Å². The maximum atomic E-state index is 12.1. The normalized spacial score (nSPS) is 23.3. The van der Waals surface area contributed by atoms with Crippen LogP contribution in [-0.2, 0) is 19.1 Å². The second-order valence-corrected chi connectivity index (χ2v) is 5.69. The molecule has 138 valence electrons. The lowest BCUT2D eigenvalue weighted by molar-refractivity contribution is -0.139. The van der Waals surface area contributed by atoms with Crippen LogP contribution >= 0.6 is 12.6 Å². The van der Waals surface area contributed by atoms with Crippen molar-refractivity contribution in [3.05, 3.63) is 24.3 Å². The molecule has 6 heteroatoms. The molecule has 5 nitrogen and oxygen atoms in total. The minimum Gasteiger partial charge on any atom is -0.463 e. The first-order valence-corrected chi connectivity index (χ1v) is 8.93. The molecule has 0 aliphatic heterocycles. The number of allylic oxidation sites excluding steroid dienone is 1. The molecule has 1 rings (SSSR count). The number of ether oxygens (including phenoxy) is 2. The lowest BCUT2D eigenvalue weighted by Gasteiger charge is -2.37. The second-order valence-electron chi connectivity index (χ2n) is 5.69. The van der Waals surface area contributed by atoms with Gasteiger partial charge in [0.05, 0.1) is 24.9 Å². The first-order chi connectivity index (χ1) is 11.9. The average molecular weight is 360 g/mol. The highest BCUT2D eigenvalue weighted by Gasteiger charge is 2.36. The molecular weight excluding hydrogens is 326 g/mol. The number of carbonyl (C=O) groups excluding carboxylic acids is 2. The molecule has 1 N–H and O–H groups in total. The van der Waals surface area contributed by atoms with Crippen LogP contribution in [0.1, 0.15) is 41.9 Å². The smallest absolute Gasteiger partial charge is 0.333 e. The van der Waals surface area contributed by atoms with Crippen LogP contribution in [0.25, 0.3) is 0 Å². The molecule has 1 aliphatic carbocycles. The zero-order valence-electron chi connectivity index (χ0n) is 16.1. The van der Waals surface area contributed by atoms with E-state index in [0.717, 1.165) is 0 Å². The molecule has 1 amide bonds. The fourth-order valence-electron chi connectivity index (χ4n) is 2.70. The Bertz CT molecular complexity index is 468. The van der Waals surface area contributed by atoms with Crippen molar-refractivity contribution >= 4 is 24.5 Å². The third kappa shape index (κ3) is 7.53. The van der Waals surface area contributed by atoms with Crippen molar-refractivity contribution in [2.45, 2.75) is 58.8 Å². The van der Waals surface area contributed by atoms with Crippen LogP contribution in [0.4, 0.5) is 0 Å². The zero-order valence-corrected chi connectivity index (χ0v) is 16.0. The highest BCUT2D eigenvalue weighted by molar-refractivity contribution is 7.79. The van der Waals surface area contributed by atoms with Crippen LogP contribution in [0, 0.1) is 5.92 Å². The summed E-state index contributed by atoms with van der Waals surface area (Å²) < 4.78 is 18.0. The Kier molecular flexibility index (Phi) is 10.5. The van der Waals surface area contributed by atoms with E-state index < -0.39 is 12.1 Å². The summed E-state index contributed by atoms with van der Waals surface area (Å²) >= 11 is 3.53. The van der Waals surface area contributed by atoms with Gasteiger partial charge in [-0.15, -0.1) is 6.58 Å². The van der Waals surface area contributed by atoms with E-state index in [1.54, 1.807) is 18.4 Å². The largest absolute Gasteiger partial charge is 0.463 e. The molecule has 0 unspecified atom stereocenters. The summed E-state index contributed by atoms with van der Waals surface area (Å²) in [5, 5.41) is 2.94. The minimum absolute atomic E-state index is 0.0173. The van der Waals surface area contributed by atoms with Gasteiger partial charge in [-0.3, -0.25) is 4.79 Å². The summed E-state index contributed by atoms with van der Waals surface area (Å²) in [6.45, 7) is 9.17. The minimum atomic E-state index is -0.412. The second kappa shape index (κ2) is 12.1. The first-order valence-electron chi connectivity index (χ1n) is 8.75. The van der Waals surface area contributed by atoms with Crippen LogP contribution in [0.5, 0.6) is 0 Å². The Balaban J connectivity index is 0.00000277. The Morgan fingerprint density at radius 2 is 2.21 bits per heavy atom. The van der Waals surface area contributed by atoms with Crippen molar-refractivity contribution in [1.82, 2.24) is 5.32 Å². The van der Waals surface area contributed by atoms with Gasteiger partial charge in [-0.05, 0) is 51.8 Å². The molecule has 0 fully saturated rings. The van der Waals surface area contributed by atoms with Gasteiger partial charge in [0.1, 0.15) is 0 Å². The van der Waals surface area contributed by atoms with Crippen LogP contribution in [0.15, 0.2) is 24.3 Å². The molecule has 0 aromatic rings. The fraction of sp³-hybridized carbons (Fsp3) is 0.667. The van der Waals surface area contributed by atoms with Gasteiger partial charge >= 0.3 is 5.97 Å². The third-order valence-corrected chi connectivity index (χ3v) is 3.47. The fourth-order valence-corrected chi connectivity index (χ4v) is 2.70. The number of nitrogens with one attached hydrogen (secondary N) is 1. The van der Waals surface area contributed by atoms with E-state index in [1.165, 1.54) is 6.92 Å². The Morgan fingerprint density at radius 3 is 2.71 bits per heavy atom. The topological polar surface area (TPSA) is 64.6 Å². The summed E-state index contributed by atoms with van der Waals surface area (Å²) in [7, 11) is 0. The molecule has 0 bridgehead atoms. The molecule has 1 aliphatic rings. The molecule has 0 aromatic carbocycles. The average Bonchev–Trinajstić information content (AvgIpc) is 2.56. The van der Waals surface area contributed by atoms with Gasteiger partial charge in [-0.1, -0.05) is 6.08 Å². The van der Waals surface area contributed by atoms with E-state index >= 15 is 0 Å². The molecule has 0 saturated heterocycles. The molecule has 0 spiro atoms.